The number of benzene rings is 2. The number of halogens is 2. The van der Waals surface area contributed by atoms with Crippen LogP contribution in [0.5, 0.6) is 0 Å². The van der Waals surface area contributed by atoms with E-state index < -0.39 is 24.0 Å². The predicted octanol–water partition coefficient (Wildman–Crippen LogP) is 2.50. The van der Waals surface area contributed by atoms with Crippen LogP contribution in [0.4, 0.5) is 0 Å². The van der Waals surface area contributed by atoms with Gasteiger partial charge >= 0.3 is 11.9 Å². The van der Waals surface area contributed by atoms with Crippen molar-refractivity contribution in [2.75, 3.05) is 0 Å². The van der Waals surface area contributed by atoms with Gasteiger partial charge in [-0.3, -0.25) is 0 Å². The van der Waals surface area contributed by atoms with Crippen molar-refractivity contribution in [3.05, 3.63) is 69.7 Å². The maximum atomic E-state index is 12.0. The molecule has 132 valence electrons. The van der Waals surface area contributed by atoms with Gasteiger partial charge in [-0.25, -0.2) is 9.59 Å². The molecule has 4 N–H and O–H groups in total. The summed E-state index contributed by atoms with van der Waals surface area (Å²) in [7, 11) is 0. The molecule has 0 saturated carbocycles. The molecule has 2 aromatic carbocycles. The minimum atomic E-state index is -0.965. The van der Waals surface area contributed by atoms with Crippen molar-refractivity contribution < 1.29 is 14.3 Å². The number of hydrogen-bond acceptors (Lipinski definition) is 5. The van der Waals surface area contributed by atoms with Crippen molar-refractivity contribution in [1.29, 1.82) is 0 Å². The average molecular weight is 381 g/mol. The Labute approximate surface area is 155 Å². The van der Waals surface area contributed by atoms with E-state index in [-0.39, 0.29) is 12.8 Å². The van der Waals surface area contributed by atoms with E-state index in [1.807, 2.05) is 0 Å². The van der Waals surface area contributed by atoms with Crippen LogP contribution in [0.3, 0.4) is 0 Å². The standard InChI is InChI=1S/C18H18Cl2N2O3/c19-13-5-1-11(2-6-13)9-15(21)17(23)25-18(24)16(22)10-12-3-7-14(20)8-4-12/h1-8,15-16H,9-10,21-22H2. The minimum absolute atomic E-state index is 0.232. The Morgan fingerprint density at radius 3 is 1.40 bits per heavy atom. The van der Waals surface area contributed by atoms with Gasteiger partial charge in [-0.15, -0.1) is 0 Å². The van der Waals surface area contributed by atoms with Crippen LogP contribution in [0.15, 0.2) is 48.5 Å². The topological polar surface area (TPSA) is 95.4 Å². The van der Waals surface area contributed by atoms with E-state index in [1.54, 1.807) is 48.5 Å². The second-order valence-corrected chi connectivity index (χ2v) is 6.49. The van der Waals surface area contributed by atoms with Gasteiger partial charge in [0.25, 0.3) is 0 Å². The molecule has 2 aromatic rings. The average Bonchev–Trinajstić information content (AvgIpc) is 2.58. The van der Waals surface area contributed by atoms with Crippen molar-refractivity contribution in [3.8, 4) is 0 Å². The summed E-state index contributed by atoms with van der Waals surface area (Å²) in [6, 6.07) is 11.9. The molecule has 2 atom stereocenters. The van der Waals surface area contributed by atoms with Gasteiger partial charge in [0.15, 0.2) is 0 Å². The second-order valence-electron chi connectivity index (χ2n) is 5.61. The Morgan fingerprint density at radius 1 is 0.760 bits per heavy atom. The monoisotopic (exact) mass is 380 g/mol. The van der Waals surface area contributed by atoms with Crippen LogP contribution in [0.25, 0.3) is 0 Å². The number of ether oxygens (including phenoxy) is 1. The summed E-state index contributed by atoms with van der Waals surface area (Å²) in [5.41, 5.74) is 13.2. The Morgan fingerprint density at radius 2 is 1.08 bits per heavy atom. The first-order valence-corrected chi connectivity index (χ1v) is 8.36. The van der Waals surface area contributed by atoms with E-state index in [4.69, 9.17) is 39.4 Å². The van der Waals surface area contributed by atoms with E-state index in [1.165, 1.54) is 0 Å². The Kier molecular flexibility index (Phi) is 6.96. The van der Waals surface area contributed by atoms with Crippen LogP contribution in [0, 0.1) is 0 Å². The van der Waals surface area contributed by atoms with Crippen molar-refractivity contribution >= 4 is 35.1 Å². The third-order valence-corrected chi connectivity index (χ3v) is 4.05. The molecule has 0 saturated heterocycles. The lowest BCUT2D eigenvalue weighted by molar-refractivity contribution is -0.161. The van der Waals surface area contributed by atoms with Gasteiger partial charge in [0.05, 0.1) is 0 Å². The molecular formula is C18H18Cl2N2O3. The molecule has 0 amide bonds. The lowest BCUT2D eigenvalue weighted by Gasteiger charge is -2.14. The highest BCUT2D eigenvalue weighted by atomic mass is 35.5. The first-order valence-electron chi connectivity index (χ1n) is 7.60. The van der Waals surface area contributed by atoms with Crippen LogP contribution in [0.2, 0.25) is 10.0 Å². The third kappa shape index (κ3) is 6.14. The number of esters is 2. The van der Waals surface area contributed by atoms with E-state index in [0.29, 0.717) is 10.0 Å². The fourth-order valence-electron chi connectivity index (χ4n) is 2.17. The molecule has 25 heavy (non-hydrogen) atoms. The number of hydrogen-bond donors (Lipinski definition) is 2. The fourth-order valence-corrected chi connectivity index (χ4v) is 2.42. The van der Waals surface area contributed by atoms with Gasteiger partial charge in [-0.1, -0.05) is 47.5 Å². The fraction of sp³-hybridized carbons (Fsp3) is 0.222. The highest BCUT2D eigenvalue weighted by molar-refractivity contribution is 6.30. The summed E-state index contributed by atoms with van der Waals surface area (Å²) in [5, 5.41) is 1.17. The van der Waals surface area contributed by atoms with E-state index >= 15 is 0 Å². The van der Waals surface area contributed by atoms with Gasteiger partial charge in [0, 0.05) is 10.0 Å². The predicted molar refractivity (Wildman–Crippen MR) is 97.4 cm³/mol. The SMILES string of the molecule is NC(Cc1ccc(Cl)cc1)C(=O)OC(=O)C(N)Cc1ccc(Cl)cc1. The van der Waals surface area contributed by atoms with Crippen molar-refractivity contribution in [2.45, 2.75) is 24.9 Å². The molecule has 0 aliphatic rings. The molecule has 0 aliphatic heterocycles. The summed E-state index contributed by atoms with van der Waals surface area (Å²) < 4.78 is 4.79. The lowest BCUT2D eigenvalue weighted by Crippen LogP contribution is -2.41. The highest BCUT2D eigenvalue weighted by Gasteiger charge is 2.23. The first-order chi connectivity index (χ1) is 11.8. The molecule has 0 radical (unpaired) electrons. The van der Waals surface area contributed by atoms with Crippen LogP contribution >= 0.6 is 23.2 Å². The number of carbonyl (C=O) groups excluding carboxylic acids is 2. The van der Waals surface area contributed by atoms with Gasteiger partial charge < -0.3 is 16.2 Å². The zero-order valence-corrected chi connectivity index (χ0v) is 14.8. The Bertz CT molecular complexity index is 669. The van der Waals surface area contributed by atoms with Crippen molar-refractivity contribution in [1.82, 2.24) is 0 Å². The van der Waals surface area contributed by atoms with Crippen molar-refractivity contribution in [2.24, 2.45) is 11.5 Å². The highest BCUT2D eigenvalue weighted by Crippen LogP contribution is 2.12. The Hall–Kier alpha value is -1.92. The van der Waals surface area contributed by atoms with Gasteiger partial charge in [0.1, 0.15) is 12.1 Å². The molecular weight excluding hydrogens is 363 g/mol. The molecule has 0 heterocycles. The molecule has 0 spiro atoms. The maximum Gasteiger partial charge on any atom is 0.330 e. The first kappa shape index (κ1) is 19.4. The van der Waals surface area contributed by atoms with E-state index in [9.17, 15) is 9.59 Å². The smallest absolute Gasteiger partial charge is 0.330 e. The maximum absolute atomic E-state index is 12.0. The summed E-state index contributed by atoms with van der Waals surface area (Å²) in [5.74, 6) is -1.63. The molecule has 0 bridgehead atoms. The van der Waals surface area contributed by atoms with Crippen LogP contribution in [0.1, 0.15) is 11.1 Å². The lowest BCUT2D eigenvalue weighted by atomic mass is 10.1. The Balaban J connectivity index is 1.86. The number of carbonyl (C=O) groups is 2. The molecule has 0 aliphatic carbocycles. The van der Waals surface area contributed by atoms with Gasteiger partial charge in [-0.05, 0) is 48.2 Å². The molecule has 2 rings (SSSR count). The van der Waals surface area contributed by atoms with E-state index in [2.05, 4.69) is 0 Å². The molecule has 7 heteroatoms. The largest absolute Gasteiger partial charge is 0.391 e. The summed E-state index contributed by atoms with van der Waals surface area (Å²) >= 11 is 11.6. The van der Waals surface area contributed by atoms with Crippen molar-refractivity contribution in [3.63, 3.8) is 0 Å². The normalized spacial score (nSPS) is 13.1. The summed E-state index contributed by atoms with van der Waals surface area (Å²) in [4.78, 5) is 23.9. The van der Waals surface area contributed by atoms with Gasteiger partial charge in [0.2, 0.25) is 0 Å². The quantitative estimate of drug-likeness (QED) is 0.592. The zero-order chi connectivity index (χ0) is 18.4. The van der Waals surface area contributed by atoms with Crippen LogP contribution < -0.4 is 11.5 Å². The third-order valence-electron chi connectivity index (χ3n) is 3.54. The zero-order valence-electron chi connectivity index (χ0n) is 13.3. The molecule has 5 nitrogen and oxygen atoms in total. The molecule has 0 aromatic heterocycles. The number of nitrogens with two attached hydrogens (primary N) is 2. The number of rotatable bonds is 6. The molecule has 2 unspecified atom stereocenters. The second kappa shape index (κ2) is 8.97. The van der Waals surface area contributed by atoms with Crippen LogP contribution in [-0.4, -0.2) is 24.0 Å². The van der Waals surface area contributed by atoms with Gasteiger partial charge in [-0.2, -0.15) is 0 Å². The summed E-state index contributed by atoms with van der Waals surface area (Å²) in [6.45, 7) is 0. The van der Waals surface area contributed by atoms with E-state index in [0.717, 1.165) is 11.1 Å². The summed E-state index contributed by atoms with van der Waals surface area (Å²) in [6.07, 6.45) is 0.464. The molecule has 0 fully saturated rings. The van der Waals surface area contributed by atoms with Crippen LogP contribution in [-0.2, 0) is 27.2 Å². The minimum Gasteiger partial charge on any atom is -0.391 e.